The molecule has 0 atom stereocenters. The number of hydrogen-bond donors (Lipinski definition) is 2. The number of H-pyrrole nitrogens is 1. The van der Waals surface area contributed by atoms with Gasteiger partial charge in [-0.15, -0.1) is 0 Å². The molecule has 0 fully saturated rings. The number of carbonyl (C=O) groups excluding carboxylic acids is 1. The SMILES string of the molecule is CC(C)NC(=O)CCCn1c(=O)[nH]c2cc(Cl)ccc2c1=O. The van der Waals surface area contributed by atoms with E-state index in [1.165, 1.54) is 0 Å². The molecule has 2 aromatic rings. The third-order valence-corrected chi connectivity index (χ3v) is 3.41. The van der Waals surface area contributed by atoms with Crippen LogP contribution in [0.2, 0.25) is 5.02 Å². The number of nitrogens with one attached hydrogen (secondary N) is 2. The molecule has 2 N–H and O–H groups in total. The lowest BCUT2D eigenvalue weighted by atomic mass is 10.2. The van der Waals surface area contributed by atoms with Gasteiger partial charge in [-0.25, -0.2) is 4.79 Å². The van der Waals surface area contributed by atoms with Crippen LogP contribution < -0.4 is 16.6 Å². The topological polar surface area (TPSA) is 84.0 Å². The second-order valence-corrected chi connectivity index (χ2v) is 5.84. The van der Waals surface area contributed by atoms with Gasteiger partial charge in [0, 0.05) is 24.0 Å². The maximum atomic E-state index is 12.3. The highest BCUT2D eigenvalue weighted by Crippen LogP contribution is 2.13. The fourth-order valence-corrected chi connectivity index (χ4v) is 2.39. The molecule has 2 rings (SSSR count). The highest BCUT2D eigenvalue weighted by molar-refractivity contribution is 6.31. The summed E-state index contributed by atoms with van der Waals surface area (Å²) in [5, 5.41) is 3.62. The molecule has 1 amide bonds. The van der Waals surface area contributed by atoms with Crippen molar-refractivity contribution in [1.29, 1.82) is 0 Å². The highest BCUT2D eigenvalue weighted by Gasteiger charge is 2.09. The van der Waals surface area contributed by atoms with E-state index < -0.39 is 5.69 Å². The summed E-state index contributed by atoms with van der Waals surface area (Å²) >= 11 is 5.85. The van der Waals surface area contributed by atoms with Crippen molar-refractivity contribution in [2.75, 3.05) is 0 Å². The van der Waals surface area contributed by atoms with Crippen molar-refractivity contribution in [3.8, 4) is 0 Å². The summed E-state index contributed by atoms with van der Waals surface area (Å²) in [6, 6.07) is 4.80. The van der Waals surface area contributed by atoms with E-state index in [0.29, 0.717) is 22.3 Å². The third kappa shape index (κ3) is 3.76. The van der Waals surface area contributed by atoms with Gasteiger partial charge < -0.3 is 10.3 Å². The van der Waals surface area contributed by atoms with Crippen LogP contribution in [0.4, 0.5) is 0 Å². The number of halogens is 1. The molecule has 0 unspecified atom stereocenters. The number of aromatic amines is 1. The minimum absolute atomic E-state index is 0.0732. The van der Waals surface area contributed by atoms with Crippen LogP contribution in [0.1, 0.15) is 26.7 Å². The molecular formula is C15H18ClN3O3. The van der Waals surface area contributed by atoms with Gasteiger partial charge >= 0.3 is 5.69 Å². The summed E-state index contributed by atoms with van der Waals surface area (Å²) in [5.74, 6) is -0.0907. The van der Waals surface area contributed by atoms with E-state index in [1.807, 2.05) is 13.8 Å². The van der Waals surface area contributed by atoms with E-state index in [-0.39, 0.29) is 30.5 Å². The fraction of sp³-hybridized carbons (Fsp3) is 0.400. The van der Waals surface area contributed by atoms with Gasteiger partial charge in [-0.3, -0.25) is 14.2 Å². The van der Waals surface area contributed by atoms with E-state index in [2.05, 4.69) is 10.3 Å². The van der Waals surface area contributed by atoms with Crippen LogP contribution in [0.25, 0.3) is 10.9 Å². The van der Waals surface area contributed by atoms with Crippen LogP contribution in [0, 0.1) is 0 Å². The number of aromatic nitrogens is 2. The molecule has 0 radical (unpaired) electrons. The first-order valence-electron chi connectivity index (χ1n) is 7.10. The quantitative estimate of drug-likeness (QED) is 0.877. The van der Waals surface area contributed by atoms with Gasteiger partial charge in [-0.05, 0) is 38.5 Å². The lowest BCUT2D eigenvalue weighted by molar-refractivity contribution is -0.121. The van der Waals surface area contributed by atoms with Crippen LogP contribution in [-0.2, 0) is 11.3 Å². The van der Waals surface area contributed by atoms with Gasteiger partial charge in [0.25, 0.3) is 5.56 Å². The van der Waals surface area contributed by atoms with Crippen LogP contribution in [0.5, 0.6) is 0 Å². The molecule has 0 spiro atoms. The zero-order chi connectivity index (χ0) is 16.3. The molecule has 7 heteroatoms. The molecule has 6 nitrogen and oxygen atoms in total. The number of nitrogens with zero attached hydrogens (tertiary/aromatic N) is 1. The van der Waals surface area contributed by atoms with E-state index in [0.717, 1.165) is 4.57 Å². The lowest BCUT2D eigenvalue weighted by Gasteiger charge is -2.09. The minimum Gasteiger partial charge on any atom is -0.354 e. The first-order valence-corrected chi connectivity index (χ1v) is 7.48. The Bertz CT molecular complexity index is 808. The Labute approximate surface area is 132 Å². The maximum Gasteiger partial charge on any atom is 0.328 e. The van der Waals surface area contributed by atoms with Gasteiger partial charge in [0.15, 0.2) is 0 Å². The molecule has 0 saturated carbocycles. The molecule has 0 aliphatic carbocycles. The Balaban J connectivity index is 2.18. The van der Waals surface area contributed by atoms with Gasteiger partial charge in [0.1, 0.15) is 0 Å². The first-order chi connectivity index (χ1) is 10.4. The van der Waals surface area contributed by atoms with Crippen LogP contribution in [-0.4, -0.2) is 21.5 Å². The average Bonchev–Trinajstić information content (AvgIpc) is 2.41. The van der Waals surface area contributed by atoms with Crippen LogP contribution in [0.3, 0.4) is 0 Å². The summed E-state index contributed by atoms with van der Waals surface area (Å²) in [7, 11) is 0. The Morgan fingerprint density at radius 3 is 2.77 bits per heavy atom. The number of carbonyl (C=O) groups is 1. The third-order valence-electron chi connectivity index (χ3n) is 3.18. The lowest BCUT2D eigenvalue weighted by Crippen LogP contribution is -2.36. The predicted octanol–water partition coefficient (Wildman–Crippen LogP) is 1.65. The van der Waals surface area contributed by atoms with Crippen molar-refractivity contribution in [3.63, 3.8) is 0 Å². The number of rotatable bonds is 5. The Kier molecular flexibility index (Phi) is 5.03. The molecular weight excluding hydrogens is 306 g/mol. The zero-order valence-electron chi connectivity index (χ0n) is 12.5. The standard InChI is InChI=1S/C15H18ClN3O3/c1-9(2)17-13(20)4-3-7-19-14(21)11-6-5-10(16)8-12(11)18-15(19)22/h5-6,8-9H,3-4,7H2,1-2H3,(H,17,20)(H,18,22). The number of hydrogen-bond acceptors (Lipinski definition) is 3. The van der Waals surface area contributed by atoms with Crippen molar-refractivity contribution in [1.82, 2.24) is 14.9 Å². The Morgan fingerprint density at radius 1 is 1.36 bits per heavy atom. The van der Waals surface area contributed by atoms with E-state index in [9.17, 15) is 14.4 Å². The largest absolute Gasteiger partial charge is 0.354 e. The van der Waals surface area contributed by atoms with Gasteiger partial charge in [0.2, 0.25) is 5.91 Å². The fourth-order valence-electron chi connectivity index (χ4n) is 2.22. The van der Waals surface area contributed by atoms with Gasteiger partial charge in [0.05, 0.1) is 10.9 Å². The summed E-state index contributed by atoms with van der Waals surface area (Å²) in [6.07, 6.45) is 0.684. The smallest absolute Gasteiger partial charge is 0.328 e. The van der Waals surface area contributed by atoms with E-state index in [1.54, 1.807) is 18.2 Å². The molecule has 1 aromatic carbocycles. The molecule has 0 aliphatic rings. The maximum absolute atomic E-state index is 12.3. The second-order valence-electron chi connectivity index (χ2n) is 5.40. The average molecular weight is 324 g/mol. The van der Waals surface area contributed by atoms with Crippen molar-refractivity contribution in [3.05, 3.63) is 44.1 Å². The van der Waals surface area contributed by atoms with E-state index in [4.69, 9.17) is 11.6 Å². The molecule has 22 heavy (non-hydrogen) atoms. The summed E-state index contributed by atoms with van der Waals surface area (Å²) in [4.78, 5) is 38.5. The normalized spacial score (nSPS) is 11.1. The van der Waals surface area contributed by atoms with Crippen molar-refractivity contribution in [2.45, 2.75) is 39.3 Å². The molecule has 0 bridgehead atoms. The summed E-state index contributed by atoms with van der Waals surface area (Å²) in [5.41, 5.74) is -0.458. The molecule has 118 valence electrons. The number of fused-ring (bicyclic) bond motifs is 1. The van der Waals surface area contributed by atoms with Crippen molar-refractivity contribution >= 4 is 28.4 Å². The Morgan fingerprint density at radius 2 is 2.09 bits per heavy atom. The zero-order valence-corrected chi connectivity index (χ0v) is 13.2. The summed E-state index contributed by atoms with van der Waals surface area (Å²) in [6.45, 7) is 3.95. The predicted molar refractivity (Wildman–Crippen MR) is 86.4 cm³/mol. The molecule has 0 aliphatic heterocycles. The summed E-state index contributed by atoms with van der Waals surface area (Å²) < 4.78 is 1.11. The first kappa shape index (κ1) is 16.3. The number of benzene rings is 1. The second kappa shape index (κ2) is 6.79. The minimum atomic E-state index is -0.496. The van der Waals surface area contributed by atoms with Gasteiger partial charge in [-0.1, -0.05) is 11.6 Å². The van der Waals surface area contributed by atoms with Crippen molar-refractivity contribution in [2.24, 2.45) is 0 Å². The van der Waals surface area contributed by atoms with Gasteiger partial charge in [-0.2, -0.15) is 0 Å². The van der Waals surface area contributed by atoms with Crippen molar-refractivity contribution < 1.29 is 4.79 Å². The molecule has 1 aromatic heterocycles. The monoisotopic (exact) mass is 323 g/mol. The van der Waals surface area contributed by atoms with Crippen LogP contribution >= 0.6 is 11.6 Å². The van der Waals surface area contributed by atoms with Crippen LogP contribution in [0.15, 0.2) is 27.8 Å². The number of amides is 1. The van der Waals surface area contributed by atoms with E-state index >= 15 is 0 Å². The highest BCUT2D eigenvalue weighted by atomic mass is 35.5. The molecule has 1 heterocycles. The Hall–Kier alpha value is -2.08. The molecule has 0 saturated heterocycles.